The number of pyridine rings is 1. The monoisotopic (exact) mass is 368 g/mol. The highest BCUT2D eigenvalue weighted by molar-refractivity contribution is 5.98. The standard InChI is InChI=1S/C19H17FN4O3/c20-14-3-4-16-13(10-14)11-17(22-16)18(25)23-6-8-24(9-7-23)19(26)27-15-2-1-5-21-12-15/h1-5,10-12,22H,6-9H2. The zero-order valence-corrected chi connectivity index (χ0v) is 14.4. The number of nitrogens with one attached hydrogen (secondary N) is 1. The average Bonchev–Trinajstić information content (AvgIpc) is 3.11. The number of nitrogens with zero attached hydrogens (tertiary/aromatic N) is 3. The van der Waals surface area contributed by atoms with Crippen LogP contribution in [0.1, 0.15) is 10.5 Å². The summed E-state index contributed by atoms with van der Waals surface area (Å²) in [5.41, 5.74) is 1.11. The number of aromatic amines is 1. The van der Waals surface area contributed by atoms with E-state index < -0.39 is 6.09 Å². The Morgan fingerprint density at radius 3 is 2.59 bits per heavy atom. The molecule has 7 nitrogen and oxygen atoms in total. The fourth-order valence-corrected chi connectivity index (χ4v) is 3.05. The molecule has 3 heterocycles. The number of H-pyrrole nitrogens is 1. The van der Waals surface area contributed by atoms with Crippen LogP contribution in [-0.2, 0) is 0 Å². The molecule has 0 radical (unpaired) electrons. The number of benzene rings is 1. The number of rotatable bonds is 2. The van der Waals surface area contributed by atoms with Crippen LogP contribution < -0.4 is 4.74 Å². The smallest absolute Gasteiger partial charge is 0.409 e. The second-order valence-electron chi connectivity index (χ2n) is 6.25. The van der Waals surface area contributed by atoms with E-state index in [0.29, 0.717) is 48.5 Å². The van der Waals surface area contributed by atoms with Crippen molar-refractivity contribution in [1.82, 2.24) is 19.8 Å². The predicted molar refractivity (Wildman–Crippen MR) is 96.0 cm³/mol. The maximum absolute atomic E-state index is 13.3. The second kappa shape index (κ2) is 7.06. The highest BCUT2D eigenvalue weighted by atomic mass is 19.1. The molecule has 138 valence electrons. The van der Waals surface area contributed by atoms with E-state index in [1.165, 1.54) is 18.3 Å². The van der Waals surface area contributed by atoms with Gasteiger partial charge in [-0.2, -0.15) is 0 Å². The third-order valence-electron chi connectivity index (χ3n) is 4.48. The van der Waals surface area contributed by atoms with Gasteiger partial charge in [0.05, 0.1) is 6.20 Å². The first kappa shape index (κ1) is 17.0. The van der Waals surface area contributed by atoms with Crippen molar-refractivity contribution >= 4 is 22.9 Å². The van der Waals surface area contributed by atoms with Crippen LogP contribution in [0.2, 0.25) is 0 Å². The Hall–Kier alpha value is -3.42. The molecule has 0 spiro atoms. The zero-order valence-electron chi connectivity index (χ0n) is 14.4. The molecule has 1 aromatic carbocycles. The Kier molecular flexibility index (Phi) is 4.45. The molecule has 27 heavy (non-hydrogen) atoms. The maximum atomic E-state index is 13.3. The van der Waals surface area contributed by atoms with Gasteiger partial charge in [0, 0.05) is 43.3 Å². The summed E-state index contributed by atoms with van der Waals surface area (Å²) in [5, 5.41) is 0.650. The number of carbonyl (C=O) groups excluding carboxylic acids is 2. The van der Waals surface area contributed by atoms with Crippen LogP contribution in [0.3, 0.4) is 0 Å². The van der Waals surface area contributed by atoms with Crippen LogP contribution in [0.4, 0.5) is 9.18 Å². The lowest BCUT2D eigenvalue weighted by atomic mass is 10.2. The van der Waals surface area contributed by atoms with Crippen molar-refractivity contribution in [2.75, 3.05) is 26.2 Å². The molecule has 1 fully saturated rings. The summed E-state index contributed by atoms with van der Waals surface area (Å²) in [6, 6.07) is 9.32. The Labute approximate surface area is 154 Å². The third kappa shape index (κ3) is 3.59. The van der Waals surface area contributed by atoms with Gasteiger partial charge in [-0.1, -0.05) is 0 Å². The Bertz CT molecular complexity index is 981. The van der Waals surface area contributed by atoms with Gasteiger partial charge in [0.2, 0.25) is 0 Å². The molecule has 4 rings (SSSR count). The summed E-state index contributed by atoms with van der Waals surface area (Å²) in [4.78, 5) is 35.0. The quantitative estimate of drug-likeness (QED) is 0.754. The first-order valence-corrected chi connectivity index (χ1v) is 8.54. The number of amides is 2. The average molecular weight is 368 g/mol. The fourth-order valence-electron chi connectivity index (χ4n) is 3.05. The largest absolute Gasteiger partial charge is 0.415 e. The van der Waals surface area contributed by atoms with E-state index in [1.807, 2.05) is 0 Å². The van der Waals surface area contributed by atoms with E-state index in [0.717, 1.165) is 0 Å². The lowest BCUT2D eigenvalue weighted by Crippen LogP contribution is -2.51. The molecule has 2 amide bonds. The van der Waals surface area contributed by atoms with Gasteiger partial charge in [-0.05, 0) is 36.4 Å². The molecule has 0 saturated carbocycles. The van der Waals surface area contributed by atoms with E-state index in [-0.39, 0.29) is 11.7 Å². The summed E-state index contributed by atoms with van der Waals surface area (Å²) in [7, 11) is 0. The van der Waals surface area contributed by atoms with Gasteiger partial charge < -0.3 is 19.5 Å². The molecule has 0 bridgehead atoms. The summed E-state index contributed by atoms with van der Waals surface area (Å²) in [5.74, 6) is -0.139. The van der Waals surface area contributed by atoms with Crippen LogP contribution >= 0.6 is 0 Å². The van der Waals surface area contributed by atoms with E-state index >= 15 is 0 Å². The normalized spacial score (nSPS) is 14.4. The number of ether oxygens (including phenoxy) is 1. The van der Waals surface area contributed by atoms with Gasteiger partial charge in [-0.15, -0.1) is 0 Å². The van der Waals surface area contributed by atoms with Crippen LogP contribution in [0.25, 0.3) is 10.9 Å². The summed E-state index contributed by atoms with van der Waals surface area (Å²) < 4.78 is 18.6. The van der Waals surface area contributed by atoms with Crippen molar-refractivity contribution < 1.29 is 18.7 Å². The summed E-state index contributed by atoms with van der Waals surface area (Å²) in [6.45, 7) is 1.54. The minimum atomic E-state index is -0.462. The number of carbonyl (C=O) groups is 2. The number of hydrogen-bond donors (Lipinski definition) is 1. The van der Waals surface area contributed by atoms with Gasteiger partial charge >= 0.3 is 6.09 Å². The maximum Gasteiger partial charge on any atom is 0.415 e. The highest BCUT2D eigenvalue weighted by Gasteiger charge is 2.26. The number of piperazine rings is 1. The molecule has 1 aliphatic rings. The highest BCUT2D eigenvalue weighted by Crippen LogP contribution is 2.19. The SMILES string of the molecule is O=C(Oc1cccnc1)N1CCN(C(=O)c2cc3cc(F)ccc3[nH]2)CC1. The van der Waals surface area contributed by atoms with Gasteiger partial charge in [-0.3, -0.25) is 9.78 Å². The van der Waals surface area contributed by atoms with Gasteiger partial charge in [0.1, 0.15) is 11.5 Å². The second-order valence-corrected chi connectivity index (χ2v) is 6.25. The van der Waals surface area contributed by atoms with Crippen molar-refractivity contribution in [2.45, 2.75) is 0 Å². The number of halogens is 1. The zero-order chi connectivity index (χ0) is 18.8. The number of aromatic nitrogens is 2. The minimum Gasteiger partial charge on any atom is -0.409 e. The van der Waals surface area contributed by atoms with Gasteiger partial charge in [-0.25, -0.2) is 9.18 Å². The Morgan fingerprint density at radius 2 is 1.85 bits per heavy atom. The molecule has 3 aromatic rings. The van der Waals surface area contributed by atoms with E-state index in [4.69, 9.17) is 4.74 Å². The summed E-state index contributed by atoms with van der Waals surface area (Å²) >= 11 is 0. The lowest BCUT2D eigenvalue weighted by molar-refractivity contribution is 0.0629. The van der Waals surface area contributed by atoms with Crippen LogP contribution in [0, 0.1) is 5.82 Å². The predicted octanol–water partition coefficient (Wildman–Crippen LogP) is 2.66. The van der Waals surface area contributed by atoms with Crippen molar-refractivity contribution in [3.8, 4) is 5.75 Å². The van der Waals surface area contributed by atoms with E-state index in [9.17, 15) is 14.0 Å². The molecule has 1 N–H and O–H groups in total. The number of fused-ring (bicyclic) bond motifs is 1. The van der Waals surface area contributed by atoms with E-state index in [1.54, 1.807) is 40.3 Å². The van der Waals surface area contributed by atoms with Crippen molar-refractivity contribution in [3.05, 3.63) is 60.3 Å². The fraction of sp³-hybridized carbons (Fsp3) is 0.211. The molecule has 0 unspecified atom stereocenters. The Balaban J connectivity index is 1.38. The van der Waals surface area contributed by atoms with Gasteiger partial charge in [0.15, 0.2) is 5.75 Å². The minimum absolute atomic E-state index is 0.174. The molecule has 1 saturated heterocycles. The number of hydrogen-bond acceptors (Lipinski definition) is 4. The molecule has 2 aromatic heterocycles. The Morgan fingerprint density at radius 1 is 1.07 bits per heavy atom. The molecule has 0 atom stereocenters. The van der Waals surface area contributed by atoms with Crippen LogP contribution in [0.5, 0.6) is 5.75 Å². The first-order valence-electron chi connectivity index (χ1n) is 8.54. The van der Waals surface area contributed by atoms with Crippen molar-refractivity contribution in [3.63, 3.8) is 0 Å². The van der Waals surface area contributed by atoms with Crippen LogP contribution in [-0.4, -0.2) is 57.9 Å². The lowest BCUT2D eigenvalue weighted by Gasteiger charge is -2.33. The topological polar surface area (TPSA) is 78.5 Å². The van der Waals surface area contributed by atoms with Crippen molar-refractivity contribution in [1.29, 1.82) is 0 Å². The molecular formula is C19H17FN4O3. The van der Waals surface area contributed by atoms with Crippen LogP contribution in [0.15, 0.2) is 48.8 Å². The third-order valence-corrected chi connectivity index (χ3v) is 4.48. The first-order chi connectivity index (χ1) is 13.1. The van der Waals surface area contributed by atoms with E-state index in [2.05, 4.69) is 9.97 Å². The van der Waals surface area contributed by atoms with Gasteiger partial charge in [0.25, 0.3) is 5.91 Å². The van der Waals surface area contributed by atoms with Crippen molar-refractivity contribution in [2.24, 2.45) is 0 Å². The molecule has 8 heteroatoms. The molecular weight excluding hydrogens is 351 g/mol. The summed E-state index contributed by atoms with van der Waals surface area (Å²) in [6.07, 6.45) is 2.60. The molecule has 1 aliphatic heterocycles. The molecule has 0 aliphatic carbocycles.